The molecule has 5 aromatic rings. The van der Waals surface area contributed by atoms with Crippen molar-refractivity contribution >= 4 is 17.5 Å². The van der Waals surface area contributed by atoms with Crippen LogP contribution in [-0.4, -0.2) is 78.8 Å². The van der Waals surface area contributed by atoms with E-state index in [1.54, 1.807) is 30.5 Å². The Kier molecular flexibility index (Phi) is 9.45. The third-order valence-electron chi connectivity index (χ3n) is 8.05. The van der Waals surface area contributed by atoms with E-state index in [4.69, 9.17) is 4.74 Å². The average molecular weight is 641 g/mol. The number of ketones is 1. The number of piperazine rings is 1. The zero-order chi connectivity index (χ0) is 32.8. The first-order valence-electron chi connectivity index (χ1n) is 15.1. The molecule has 3 heterocycles. The lowest BCUT2D eigenvalue weighted by Crippen LogP contribution is -2.44. The molecule has 1 unspecified atom stereocenters. The lowest BCUT2D eigenvalue weighted by Gasteiger charge is -2.34. The summed E-state index contributed by atoms with van der Waals surface area (Å²) < 4.78 is 36.9. The highest BCUT2D eigenvalue weighted by atomic mass is 19.1. The molecule has 242 valence electrons. The first kappa shape index (κ1) is 31.7. The molecule has 3 aromatic carbocycles. The van der Waals surface area contributed by atoms with Crippen molar-refractivity contribution in [3.8, 4) is 5.75 Å². The molecule has 1 atom stereocenters. The molecule has 0 bridgehead atoms. The topological polar surface area (TPSA) is 114 Å². The molecule has 13 heteroatoms. The SMILES string of the molecule is CN1CCN(c2ccc(C(=O)/C=C/c3ccc(OCc4cn(CC(O)(Cn5cncn5)c5ccc(F)cc5F)nn4)cc3)cc2)CC1. The first-order valence-corrected chi connectivity index (χ1v) is 15.1. The van der Waals surface area contributed by atoms with E-state index >= 15 is 0 Å². The van der Waals surface area contributed by atoms with E-state index in [9.17, 15) is 18.7 Å². The maximum atomic E-state index is 14.7. The number of likely N-dealkylation sites (N-methyl/N-ethyl adjacent to an activating group) is 1. The summed E-state index contributed by atoms with van der Waals surface area (Å²) in [6.07, 6.45) is 7.58. The number of aromatic nitrogens is 6. The van der Waals surface area contributed by atoms with Gasteiger partial charge in [-0.05, 0) is 61.2 Å². The van der Waals surface area contributed by atoms with Crippen molar-refractivity contribution < 1.29 is 23.4 Å². The Hall–Kier alpha value is -5.27. The molecule has 1 aliphatic heterocycles. The summed E-state index contributed by atoms with van der Waals surface area (Å²) in [7, 11) is 2.12. The van der Waals surface area contributed by atoms with Crippen LogP contribution in [0.25, 0.3) is 6.08 Å². The number of carbonyl (C=O) groups excluding carboxylic acids is 1. The third kappa shape index (κ3) is 7.94. The number of allylic oxidation sites excluding steroid dienone is 1. The second-order valence-electron chi connectivity index (χ2n) is 11.5. The van der Waals surface area contributed by atoms with Crippen LogP contribution in [0.4, 0.5) is 14.5 Å². The lowest BCUT2D eigenvalue weighted by atomic mass is 9.93. The molecule has 2 aromatic heterocycles. The summed E-state index contributed by atoms with van der Waals surface area (Å²) in [6, 6.07) is 18.0. The van der Waals surface area contributed by atoms with Crippen molar-refractivity contribution in [2.24, 2.45) is 0 Å². The van der Waals surface area contributed by atoms with E-state index in [-0.39, 0.29) is 31.0 Å². The number of aliphatic hydroxyl groups is 1. The molecule has 1 fully saturated rings. The van der Waals surface area contributed by atoms with Gasteiger partial charge < -0.3 is 19.6 Å². The van der Waals surface area contributed by atoms with Crippen LogP contribution in [0.5, 0.6) is 5.75 Å². The monoisotopic (exact) mass is 640 g/mol. The molecule has 1 saturated heterocycles. The predicted octanol–water partition coefficient (Wildman–Crippen LogP) is 3.96. The van der Waals surface area contributed by atoms with Gasteiger partial charge in [-0.15, -0.1) is 5.10 Å². The Morgan fingerprint density at radius 1 is 0.979 bits per heavy atom. The Balaban J connectivity index is 1.03. The van der Waals surface area contributed by atoms with Crippen molar-refractivity contribution in [1.82, 2.24) is 34.7 Å². The van der Waals surface area contributed by atoms with Crippen LogP contribution in [0.3, 0.4) is 0 Å². The van der Waals surface area contributed by atoms with Crippen LogP contribution in [0.2, 0.25) is 0 Å². The standard InChI is InChI=1S/C34H34F2N8O3/c1-41-14-16-42(17-15-41)29-8-5-26(6-9-29)33(45)13-4-25-2-10-30(11-3-25)47-20-28-19-43(40-39-28)21-34(46,22-44-24-37-23-38-44)31-12-7-27(35)18-32(31)36/h2-13,18-19,23-24,46H,14-17,20-22H2,1H3/b13-4+. The van der Waals surface area contributed by atoms with Crippen LogP contribution in [-0.2, 0) is 25.3 Å². The molecule has 0 aliphatic carbocycles. The molecule has 0 radical (unpaired) electrons. The van der Waals surface area contributed by atoms with Gasteiger partial charge in [-0.2, -0.15) is 5.10 Å². The molecule has 47 heavy (non-hydrogen) atoms. The molecule has 11 nitrogen and oxygen atoms in total. The van der Waals surface area contributed by atoms with Gasteiger partial charge in [0.2, 0.25) is 0 Å². The summed E-state index contributed by atoms with van der Waals surface area (Å²) in [5.41, 5.74) is 1.12. The predicted molar refractivity (Wildman–Crippen MR) is 171 cm³/mol. The number of halogens is 2. The fourth-order valence-electron chi connectivity index (χ4n) is 5.42. The van der Waals surface area contributed by atoms with Gasteiger partial charge in [0.25, 0.3) is 0 Å². The summed E-state index contributed by atoms with van der Waals surface area (Å²) in [5.74, 6) is -1.14. The lowest BCUT2D eigenvalue weighted by molar-refractivity contribution is -0.00892. The van der Waals surface area contributed by atoms with Gasteiger partial charge in [0.15, 0.2) is 5.78 Å². The van der Waals surface area contributed by atoms with Gasteiger partial charge >= 0.3 is 0 Å². The number of hydrogen-bond donors (Lipinski definition) is 1. The van der Waals surface area contributed by atoms with Crippen LogP contribution in [0.15, 0.2) is 91.7 Å². The number of nitrogens with zero attached hydrogens (tertiary/aromatic N) is 8. The van der Waals surface area contributed by atoms with Gasteiger partial charge in [0.05, 0.1) is 19.3 Å². The highest BCUT2D eigenvalue weighted by Crippen LogP contribution is 2.28. The normalized spacial score (nSPS) is 15.2. The van der Waals surface area contributed by atoms with E-state index in [0.29, 0.717) is 17.0 Å². The highest BCUT2D eigenvalue weighted by molar-refractivity contribution is 6.07. The van der Waals surface area contributed by atoms with Crippen molar-refractivity contribution in [2.75, 3.05) is 38.1 Å². The Labute approximate surface area is 270 Å². The van der Waals surface area contributed by atoms with Crippen molar-refractivity contribution in [3.05, 3.63) is 126 Å². The van der Waals surface area contributed by atoms with Crippen molar-refractivity contribution in [2.45, 2.75) is 25.3 Å². The van der Waals surface area contributed by atoms with E-state index in [2.05, 4.69) is 37.2 Å². The molecule has 1 aliphatic rings. The van der Waals surface area contributed by atoms with E-state index in [1.807, 2.05) is 36.4 Å². The number of hydrogen-bond acceptors (Lipinski definition) is 9. The molecule has 0 amide bonds. The summed E-state index contributed by atoms with van der Waals surface area (Å²) in [4.78, 5) is 21.3. The Bertz CT molecular complexity index is 1820. The summed E-state index contributed by atoms with van der Waals surface area (Å²) >= 11 is 0. The number of rotatable bonds is 12. The van der Waals surface area contributed by atoms with Crippen LogP contribution >= 0.6 is 0 Å². The van der Waals surface area contributed by atoms with E-state index in [0.717, 1.165) is 49.6 Å². The number of benzene rings is 3. The number of carbonyl (C=O) groups is 1. The van der Waals surface area contributed by atoms with Crippen LogP contribution in [0.1, 0.15) is 27.2 Å². The molecule has 0 saturated carbocycles. The molecule has 6 rings (SSSR count). The molecule has 1 N–H and O–H groups in total. The second-order valence-corrected chi connectivity index (χ2v) is 11.5. The minimum atomic E-state index is -1.84. The van der Waals surface area contributed by atoms with Gasteiger partial charge in [0.1, 0.15) is 47.9 Å². The highest BCUT2D eigenvalue weighted by Gasteiger charge is 2.35. The maximum absolute atomic E-state index is 14.7. The zero-order valence-electron chi connectivity index (χ0n) is 25.8. The first-order chi connectivity index (χ1) is 22.7. The molecular formula is C34H34F2N8O3. The van der Waals surface area contributed by atoms with Gasteiger partial charge in [-0.1, -0.05) is 29.5 Å². The van der Waals surface area contributed by atoms with Gasteiger partial charge in [-0.25, -0.2) is 23.1 Å². The zero-order valence-corrected chi connectivity index (χ0v) is 25.8. The summed E-state index contributed by atoms with van der Waals surface area (Å²) in [6.45, 7) is 3.73. The van der Waals surface area contributed by atoms with E-state index < -0.39 is 17.2 Å². The smallest absolute Gasteiger partial charge is 0.185 e. The minimum Gasteiger partial charge on any atom is -0.487 e. The average Bonchev–Trinajstić information content (AvgIpc) is 3.75. The van der Waals surface area contributed by atoms with Gasteiger partial charge in [-0.3, -0.25) is 4.79 Å². The second kappa shape index (κ2) is 14.0. The third-order valence-corrected chi connectivity index (χ3v) is 8.05. The van der Waals surface area contributed by atoms with Crippen molar-refractivity contribution in [1.29, 1.82) is 0 Å². The Morgan fingerprint density at radius 3 is 2.43 bits per heavy atom. The van der Waals surface area contributed by atoms with Crippen LogP contribution in [0, 0.1) is 11.6 Å². The minimum absolute atomic E-state index is 0.0753. The quantitative estimate of drug-likeness (QED) is 0.160. The Morgan fingerprint density at radius 2 is 1.72 bits per heavy atom. The van der Waals surface area contributed by atoms with Crippen LogP contribution < -0.4 is 9.64 Å². The van der Waals surface area contributed by atoms with Gasteiger partial charge in [0, 0.05) is 49.1 Å². The molecule has 0 spiro atoms. The summed E-state index contributed by atoms with van der Waals surface area (Å²) in [5, 5.41) is 23.7. The fraction of sp³-hybridized carbons (Fsp3) is 0.265. The van der Waals surface area contributed by atoms with Crippen molar-refractivity contribution in [3.63, 3.8) is 0 Å². The fourth-order valence-corrected chi connectivity index (χ4v) is 5.42. The molecular weight excluding hydrogens is 606 g/mol. The largest absolute Gasteiger partial charge is 0.487 e. The maximum Gasteiger partial charge on any atom is 0.185 e. The van der Waals surface area contributed by atoms with E-state index in [1.165, 1.54) is 28.1 Å². The number of ether oxygens (including phenoxy) is 1. The number of anilines is 1.